The molecule has 0 bridgehead atoms. The number of hydrogen-bond donors (Lipinski definition) is 2. The van der Waals surface area contributed by atoms with Gasteiger partial charge in [-0.05, 0) is 6.92 Å². The zero-order valence-corrected chi connectivity index (χ0v) is 8.26. The SMILES string of the molecule is CCN=C=NC(N)(N)C(C)(C)C. The van der Waals surface area contributed by atoms with Crippen LogP contribution in [0.15, 0.2) is 9.98 Å². The van der Waals surface area contributed by atoms with Crippen LogP contribution in [0.1, 0.15) is 27.7 Å². The van der Waals surface area contributed by atoms with Crippen LogP contribution >= 0.6 is 0 Å². The van der Waals surface area contributed by atoms with Crippen LogP contribution in [0.3, 0.4) is 0 Å². The highest BCUT2D eigenvalue weighted by molar-refractivity contribution is 5.42. The number of nitrogens with zero attached hydrogens (tertiary/aromatic N) is 2. The summed E-state index contributed by atoms with van der Waals surface area (Å²) in [6.07, 6.45) is 0. The van der Waals surface area contributed by atoms with Gasteiger partial charge in [-0.2, -0.15) is 4.99 Å². The summed E-state index contributed by atoms with van der Waals surface area (Å²) in [6, 6.07) is 2.48. The van der Waals surface area contributed by atoms with E-state index in [0.29, 0.717) is 6.54 Å². The van der Waals surface area contributed by atoms with Gasteiger partial charge in [0, 0.05) is 12.0 Å². The molecule has 0 atom stereocenters. The van der Waals surface area contributed by atoms with Crippen LogP contribution in [0.5, 0.6) is 0 Å². The Balaban J connectivity index is 4.54. The first-order valence-electron chi connectivity index (χ1n) is 4.02. The number of rotatable bonds is 2. The molecule has 0 aliphatic carbocycles. The third-order valence-electron chi connectivity index (χ3n) is 1.67. The average Bonchev–Trinajstić information content (AvgIpc) is 1.85. The summed E-state index contributed by atoms with van der Waals surface area (Å²) in [4.78, 5) is 7.65. The molecule has 0 aromatic heterocycles. The van der Waals surface area contributed by atoms with Crippen molar-refractivity contribution in [2.75, 3.05) is 6.54 Å². The second kappa shape index (κ2) is 3.81. The average molecular weight is 170 g/mol. The maximum absolute atomic E-state index is 5.72. The van der Waals surface area contributed by atoms with Crippen LogP contribution in [0.25, 0.3) is 0 Å². The molecule has 4 N–H and O–H groups in total. The van der Waals surface area contributed by atoms with E-state index in [1.807, 2.05) is 27.7 Å². The van der Waals surface area contributed by atoms with Crippen molar-refractivity contribution >= 4 is 6.01 Å². The molecule has 4 heteroatoms. The summed E-state index contributed by atoms with van der Waals surface area (Å²) in [5.74, 6) is -1.09. The second-order valence-electron chi connectivity index (χ2n) is 3.76. The van der Waals surface area contributed by atoms with Gasteiger partial charge in [0.2, 0.25) is 0 Å². The van der Waals surface area contributed by atoms with Crippen molar-refractivity contribution in [1.82, 2.24) is 0 Å². The minimum Gasteiger partial charge on any atom is -0.294 e. The van der Waals surface area contributed by atoms with E-state index in [0.717, 1.165) is 0 Å². The molecule has 0 heterocycles. The highest BCUT2D eigenvalue weighted by Crippen LogP contribution is 2.23. The van der Waals surface area contributed by atoms with Gasteiger partial charge in [0.15, 0.2) is 5.79 Å². The van der Waals surface area contributed by atoms with Crippen molar-refractivity contribution in [2.45, 2.75) is 33.5 Å². The Hall–Kier alpha value is -0.700. The predicted molar refractivity (Wildman–Crippen MR) is 51.0 cm³/mol. The lowest BCUT2D eigenvalue weighted by Crippen LogP contribution is -2.57. The summed E-state index contributed by atoms with van der Waals surface area (Å²) in [5, 5.41) is 0. The lowest BCUT2D eigenvalue weighted by molar-refractivity contribution is 0.205. The zero-order valence-electron chi connectivity index (χ0n) is 8.26. The van der Waals surface area contributed by atoms with Crippen LogP contribution in [0, 0.1) is 5.41 Å². The van der Waals surface area contributed by atoms with Crippen molar-refractivity contribution in [3.8, 4) is 0 Å². The molecule has 0 rings (SSSR count). The van der Waals surface area contributed by atoms with Crippen LogP contribution in [-0.4, -0.2) is 18.3 Å². The van der Waals surface area contributed by atoms with Crippen molar-refractivity contribution in [3.63, 3.8) is 0 Å². The van der Waals surface area contributed by atoms with Crippen LogP contribution in [0.4, 0.5) is 0 Å². The summed E-state index contributed by atoms with van der Waals surface area (Å²) < 4.78 is 0. The Morgan fingerprint density at radius 3 is 2.08 bits per heavy atom. The molecule has 0 radical (unpaired) electrons. The van der Waals surface area contributed by atoms with Gasteiger partial charge >= 0.3 is 0 Å². The zero-order chi connectivity index (χ0) is 9.83. The molecular formula is C8H18N4. The van der Waals surface area contributed by atoms with Crippen molar-refractivity contribution in [2.24, 2.45) is 26.9 Å². The molecule has 0 aliphatic rings. The Morgan fingerprint density at radius 2 is 1.75 bits per heavy atom. The molecule has 0 aromatic carbocycles. The summed E-state index contributed by atoms with van der Waals surface area (Å²) in [6.45, 7) is 8.30. The van der Waals surface area contributed by atoms with E-state index >= 15 is 0 Å². The van der Waals surface area contributed by atoms with E-state index < -0.39 is 5.79 Å². The Morgan fingerprint density at radius 1 is 1.25 bits per heavy atom. The monoisotopic (exact) mass is 170 g/mol. The molecule has 0 amide bonds. The minimum atomic E-state index is -1.09. The maximum atomic E-state index is 5.72. The normalized spacial score (nSPS) is 12.2. The molecule has 0 spiro atoms. The Labute approximate surface area is 73.8 Å². The molecule has 0 aliphatic heterocycles. The first-order valence-corrected chi connectivity index (χ1v) is 4.02. The minimum absolute atomic E-state index is 0.288. The molecular weight excluding hydrogens is 152 g/mol. The molecule has 0 saturated heterocycles. The fourth-order valence-corrected chi connectivity index (χ4v) is 0.357. The van der Waals surface area contributed by atoms with E-state index in [1.54, 1.807) is 0 Å². The predicted octanol–water partition coefficient (Wildman–Crippen LogP) is 0.797. The number of nitrogens with two attached hydrogens (primary N) is 2. The van der Waals surface area contributed by atoms with Crippen LogP contribution < -0.4 is 11.5 Å². The lowest BCUT2D eigenvalue weighted by atomic mass is 9.88. The molecule has 0 aromatic rings. The molecule has 70 valence electrons. The largest absolute Gasteiger partial charge is 0.294 e. The van der Waals surface area contributed by atoms with Gasteiger partial charge in [-0.3, -0.25) is 11.5 Å². The Bertz CT molecular complexity index is 194. The van der Waals surface area contributed by atoms with E-state index in [4.69, 9.17) is 11.5 Å². The van der Waals surface area contributed by atoms with E-state index in [1.165, 1.54) is 0 Å². The highest BCUT2D eigenvalue weighted by atomic mass is 15.2. The molecule has 4 nitrogen and oxygen atoms in total. The quantitative estimate of drug-likeness (QED) is 0.475. The van der Waals surface area contributed by atoms with E-state index in [-0.39, 0.29) is 5.41 Å². The number of hydrogen-bond acceptors (Lipinski definition) is 4. The van der Waals surface area contributed by atoms with Gasteiger partial charge in [-0.15, -0.1) is 0 Å². The van der Waals surface area contributed by atoms with Crippen molar-refractivity contribution in [3.05, 3.63) is 0 Å². The third-order valence-corrected chi connectivity index (χ3v) is 1.67. The van der Waals surface area contributed by atoms with Crippen molar-refractivity contribution < 1.29 is 0 Å². The van der Waals surface area contributed by atoms with E-state index in [2.05, 4.69) is 16.0 Å². The fraction of sp³-hybridized carbons (Fsp3) is 0.875. The third kappa shape index (κ3) is 3.13. The highest BCUT2D eigenvalue weighted by Gasteiger charge is 2.33. The summed E-state index contributed by atoms with van der Waals surface area (Å²) in [7, 11) is 0. The smallest absolute Gasteiger partial charge is 0.174 e. The van der Waals surface area contributed by atoms with Crippen LogP contribution in [0.2, 0.25) is 0 Å². The lowest BCUT2D eigenvalue weighted by Gasteiger charge is -2.32. The van der Waals surface area contributed by atoms with Crippen molar-refractivity contribution in [1.29, 1.82) is 0 Å². The molecule has 0 unspecified atom stereocenters. The summed E-state index contributed by atoms with van der Waals surface area (Å²) in [5.41, 5.74) is 11.2. The van der Waals surface area contributed by atoms with Gasteiger partial charge in [0.05, 0.1) is 6.01 Å². The first kappa shape index (κ1) is 11.3. The second-order valence-corrected chi connectivity index (χ2v) is 3.76. The fourth-order valence-electron chi connectivity index (χ4n) is 0.357. The van der Waals surface area contributed by atoms with Gasteiger partial charge in [-0.1, -0.05) is 20.8 Å². The Kier molecular flexibility index (Phi) is 3.58. The topological polar surface area (TPSA) is 76.8 Å². The summed E-state index contributed by atoms with van der Waals surface area (Å²) >= 11 is 0. The maximum Gasteiger partial charge on any atom is 0.174 e. The molecule has 12 heavy (non-hydrogen) atoms. The first-order chi connectivity index (χ1) is 5.31. The van der Waals surface area contributed by atoms with Crippen LogP contribution in [-0.2, 0) is 0 Å². The molecule has 0 saturated carbocycles. The van der Waals surface area contributed by atoms with Gasteiger partial charge in [0.25, 0.3) is 0 Å². The standard InChI is InChI=1S/C8H18N4/c1-5-11-6-12-8(9,10)7(2,3)4/h5,9-10H2,1-4H3. The van der Waals surface area contributed by atoms with E-state index in [9.17, 15) is 0 Å². The van der Waals surface area contributed by atoms with Gasteiger partial charge in [0.1, 0.15) is 0 Å². The van der Waals surface area contributed by atoms with Gasteiger partial charge in [-0.25, -0.2) is 4.99 Å². The number of aliphatic imine (C=N–C) groups is 2. The molecule has 0 fully saturated rings. The van der Waals surface area contributed by atoms with Gasteiger partial charge < -0.3 is 0 Å².